The molecule has 0 aliphatic heterocycles. The van der Waals surface area contributed by atoms with E-state index in [1.165, 1.54) is 29.1 Å². The molecule has 1 aliphatic rings. The molecule has 1 aliphatic carbocycles. The molecule has 0 spiro atoms. The monoisotopic (exact) mass is 332 g/mol. The first-order valence-electron chi connectivity index (χ1n) is 7.11. The van der Waals surface area contributed by atoms with Gasteiger partial charge in [0.25, 0.3) is 0 Å². The van der Waals surface area contributed by atoms with E-state index in [0.717, 1.165) is 0 Å². The number of nitrogens with zero attached hydrogens (tertiary/aromatic N) is 4. The van der Waals surface area contributed by atoms with Crippen LogP contribution in [0.3, 0.4) is 0 Å². The van der Waals surface area contributed by atoms with E-state index in [2.05, 4.69) is 15.4 Å². The van der Waals surface area contributed by atoms with Crippen LogP contribution in [0.4, 0.5) is 13.2 Å². The molecule has 0 amide bonds. The zero-order valence-electron chi connectivity index (χ0n) is 12.4. The molecule has 1 atom stereocenters. The Labute approximate surface area is 134 Å². The van der Waals surface area contributed by atoms with Crippen molar-refractivity contribution < 1.29 is 18.3 Å². The zero-order valence-corrected chi connectivity index (χ0v) is 12.4. The second kappa shape index (κ2) is 4.64. The van der Waals surface area contributed by atoms with Gasteiger partial charge in [-0.1, -0.05) is 42.5 Å². The van der Waals surface area contributed by atoms with Crippen LogP contribution in [0.2, 0.25) is 0 Å². The molecule has 2 aromatic carbocycles. The summed E-state index contributed by atoms with van der Waals surface area (Å²) in [6.45, 7) is 0. The SMILES string of the molecule is Cn1nnc(-c2cccc3c2-c2ccccc2C3(O)C(F)(F)F)n1. The lowest BCUT2D eigenvalue weighted by molar-refractivity contribution is -0.246. The van der Waals surface area contributed by atoms with Crippen molar-refractivity contribution in [2.24, 2.45) is 7.05 Å². The maximum Gasteiger partial charge on any atom is 0.425 e. The third kappa shape index (κ3) is 1.77. The largest absolute Gasteiger partial charge is 0.425 e. The van der Waals surface area contributed by atoms with Crippen LogP contribution >= 0.6 is 0 Å². The Bertz CT molecular complexity index is 950. The molecular weight excluding hydrogens is 321 g/mol. The quantitative estimate of drug-likeness (QED) is 0.744. The van der Waals surface area contributed by atoms with Gasteiger partial charge in [-0.25, -0.2) is 0 Å². The van der Waals surface area contributed by atoms with E-state index in [4.69, 9.17) is 0 Å². The lowest BCUT2D eigenvalue weighted by Gasteiger charge is -2.28. The molecule has 3 aromatic rings. The van der Waals surface area contributed by atoms with E-state index in [1.807, 2.05) is 0 Å². The number of hydrogen-bond donors (Lipinski definition) is 1. The van der Waals surface area contributed by atoms with Crippen LogP contribution in [0.15, 0.2) is 42.5 Å². The molecule has 0 saturated heterocycles. The highest BCUT2D eigenvalue weighted by molar-refractivity contribution is 5.90. The summed E-state index contributed by atoms with van der Waals surface area (Å²) in [6, 6.07) is 10.3. The molecule has 8 heteroatoms. The fraction of sp³-hybridized carbons (Fsp3) is 0.188. The van der Waals surface area contributed by atoms with Gasteiger partial charge in [0.2, 0.25) is 11.4 Å². The second-order valence-electron chi connectivity index (χ2n) is 5.58. The molecule has 0 saturated carbocycles. The Balaban J connectivity index is 2.10. The van der Waals surface area contributed by atoms with Gasteiger partial charge in [0.1, 0.15) is 0 Å². The topological polar surface area (TPSA) is 63.8 Å². The van der Waals surface area contributed by atoms with Crippen LogP contribution in [-0.4, -0.2) is 31.5 Å². The smallest absolute Gasteiger partial charge is 0.372 e. The maximum atomic E-state index is 13.7. The van der Waals surface area contributed by atoms with Gasteiger partial charge in [0, 0.05) is 16.7 Å². The Morgan fingerprint density at radius 2 is 1.67 bits per heavy atom. The minimum atomic E-state index is -4.86. The first-order valence-corrected chi connectivity index (χ1v) is 7.11. The summed E-state index contributed by atoms with van der Waals surface area (Å²) in [4.78, 5) is 1.23. The van der Waals surface area contributed by atoms with Crippen LogP contribution < -0.4 is 0 Å². The van der Waals surface area contributed by atoms with E-state index in [0.29, 0.717) is 11.1 Å². The third-order valence-corrected chi connectivity index (χ3v) is 4.20. The van der Waals surface area contributed by atoms with Gasteiger partial charge >= 0.3 is 6.18 Å². The van der Waals surface area contributed by atoms with Crippen molar-refractivity contribution in [3.05, 3.63) is 53.6 Å². The Morgan fingerprint density at radius 3 is 2.33 bits per heavy atom. The highest BCUT2D eigenvalue weighted by Crippen LogP contribution is 2.56. The second-order valence-corrected chi connectivity index (χ2v) is 5.58. The van der Waals surface area contributed by atoms with Gasteiger partial charge in [0.15, 0.2) is 0 Å². The van der Waals surface area contributed by atoms with Gasteiger partial charge in [-0.15, -0.1) is 10.2 Å². The predicted molar refractivity (Wildman–Crippen MR) is 78.7 cm³/mol. The number of halogens is 3. The van der Waals surface area contributed by atoms with Crippen LogP contribution in [0, 0.1) is 0 Å². The molecule has 4 rings (SSSR count). The highest BCUT2D eigenvalue weighted by Gasteiger charge is 2.61. The van der Waals surface area contributed by atoms with E-state index in [9.17, 15) is 18.3 Å². The number of fused-ring (bicyclic) bond motifs is 3. The average molecular weight is 332 g/mol. The van der Waals surface area contributed by atoms with Crippen molar-refractivity contribution >= 4 is 0 Å². The fourth-order valence-electron chi connectivity index (χ4n) is 3.19. The average Bonchev–Trinajstić information content (AvgIpc) is 3.09. The Hall–Kier alpha value is -2.74. The number of tetrazole rings is 1. The molecule has 1 heterocycles. The summed E-state index contributed by atoms with van der Waals surface area (Å²) in [5, 5.41) is 22.3. The highest BCUT2D eigenvalue weighted by atomic mass is 19.4. The molecule has 1 unspecified atom stereocenters. The van der Waals surface area contributed by atoms with Gasteiger partial charge < -0.3 is 5.11 Å². The minimum Gasteiger partial charge on any atom is -0.372 e. The molecule has 0 radical (unpaired) electrons. The molecule has 1 aromatic heterocycles. The standard InChI is InChI=1S/C16H11F3N4O/c1-23-21-14(20-22-23)10-6-4-8-12-13(10)9-5-2-3-7-11(9)15(12,24)16(17,18)19/h2-8,24H,1H3. The fourth-order valence-corrected chi connectivity index (χ4v) is 3.19. The lowest BCUT2D eigenvalue weighted by Crippen LogP contribution is -2.41. The van der Waals surface area contributed by atoms with Crippen molar-refractivity contribution in [1.29, 1.82) is 0 Å². The summed E-state index contributed by atoms with van der Waals surface area (Å²) in [5.74, 6) is 0.204. The van der Waals surface area contributed by atoms with E-state index >= 15 is 0 Å². The Kier molecular flexibility index (Phi) is 2.86. The van der Waals surface area contributed by atoms with Crippen molar-refractivity contribution in [3.8, 4) is 22.5 Å². The van der Waals surface area contributed by atoms with Crippen LogP contribution in [0.1, 0.15) is 11.1 Å². The van der Waals surface area contributed by atoms with E-state index in [1.54, 1.807) is 25.2 Å². The molecule has 5 nitrogen and oxygen atoms in total. The predicted octanol–water partition coefficient (Wildman–Crippen LogP) is 2.66. The van der Waals surface area contributed by atoms with Crippen molar-refractivity contribution in [2.75, 3.05) is 0 Å². The van der Waals surface area contributed by atoms with Gasteiger partial charge in [-0.2, -0.15) is 18.0 Å². The van der Waals surface area contributed by atoms with Crippen molar-refractivity contribution in [1.82, 2.24) is 20.2 Å². The third-order valence-electron chi connectivity index (χ3n) is 4.20. The van der Waals surface area contributed by atoms with Crippen molar-refractivity contribution in [3.63, 3.8) is 0 Å². The summed E-state index contributed by atoms with van der Waals surface area (Å²) in [5.41, 5.74) is -2.48. The maximum absolute atomic E-state index is 13.7. The lowest BCUT2D eigenvalue weighted by atomic mass is 9.90. The Morgan fingerprint density at radius 1 is 1.00 bits per heavy atom. The molecule has 122 valence electrons. The number of aromatic nitrogens is 4. The summed E-state index contributed by atoms with van der Waals surface area (Å²) >= 11 is 0. The molecule has 0 fully saturated rings. The molecule has 0 bridgehead atoms. The molecule has 1 N–H and O–H groups in total. The van der Waals surface area contributed by atoms with E-state index < -0.39 is 11.8 Å². The summed E-state index contributed by atoms with van der Waals surface area (Å²) < 4.78 is 41.2. The normalized spacial score (nSPS) is 19.2. The zero-order chi connectivity index (χ0) is 17.1. The first kappa shape index (κ1) is 14.8. The van der Waals surface area contributed by atoms with Crippen molar-refractivity contribution in [2.45, 2.75) is 11.8 Å². The van der Waals surface area contributed by atoms with Crippen LogP contribution in [0.25, 0.3) is 22.5 Å². The summed E-state index contributed by atoms with van der Waals surface area (Å²) in [6.07, 6.45) is -4.86. The number of aryl methyl sites for hydroxylation is 1. The number of hydrogen-bond acceptors (Lipinski definition) is 4. The molecule has 24 heavy (non-hydrogen) atoms. The van der Waals surface area contributed by atoms with Crippen LogP contribution in [0.5, 0.6) is 0 Å². The molecular formula is C16H11F3N4O. The van der Waals surface area contributed by atoms with Gasteiger partial charge in [-0.05, 0) is 16.3 Å². The van der Waals surface area contributed by atoms with Crippen LogP contribution in [-0.2, 0) is 12.6 Å². The van der Waals surface area contributed by atoms with Gasteiger partial charge in [0.05, 0.1) is 7.05 Å². The number of benzene rings is 2. The number of aliphatic hydroxyl groups is 1. The number of rotatable bonds is 1. The van der Waals surface area contributed by atoms with E-state index in [-0.39, 0.29) is 22.5 Å². The summed E-state index contributed by atoms with van der Waals surface area (Å²) in [7, 11) is 1.57. The van der Waals surface area contributed by atoms with Gasteiger partial charge in [-0.3, -0.25) is 0 Å². The minimum absolute atomic E-state index is 0.191. The number of alkyl halides is 3. The first-order chi connectivity index (χ1) is 11.3.